The number of carbonyl (C=O) groups excluding carboxylic acids is 3. The molecule has 0 fully saturated rings. The number of rotatable bonds is 5. The van der Waals surface area contributed by atoms with Crippen LogP contribution in [0.2, 0.25) is 0 Å². The highest BCUT2D eigenvalue weighted by Gasteiger charge is 2.15. The first-order valence-corrected chi connectivity index (χ1v) is 9.38. The third-order valence-electron chi connectivity index (χ3n) is 3.90. The summed E-state index contributed by atoms with van der Waals surface area (Å²) < 4.78 is 0. The first-order chi connectivity index (χ1) is 12.8. The smallest absolute Gasteiger partial charge is 0.270 e. The van der Waals surface area contributed by atoms with Crippen molar-refractivity contribution in [1.82, 2.24) is 15.8 Å². The third-order valence-corrected chi connectivity index (χ3v) is 4.96. The lowest BCUT2D eigenvalue weighted by Crippen LogP contribution is -2.42. The van der Waals surface area contributed by atoms with Crippen LogP contribution in [0.3, 0.4) is 0 Å². The molecule has 2 rings (SSSR count). The fraction of sp³-hybridized carbons (Fsp3) is 0.250. The van der Waals surface area contributed by atoms with Crippen LogP contribution < -0.4 is 10.9 Å². The Kier molecular flexibility index (Phi) is 7.01. The molecule has 142 valence electrons. The van der Waals surface area contributed by atoms with Crippen molar-refractivity contribution >= 4 is 29.5 Å². The van der Waals surface area contributed by atoms with Crippen molar-refractivity contribution < 1.29 is 14.4 Å². The second-order valence-electron chi connectivity index (χ2n) is 6.30. The van der Waals surface area contributed by atoms with Gasteiger partial charge in [0.2, 0.25) is 5.91 Å². The molecule has 27 heavy (non-hydrogen) atoms. The van der Waals surface area contributed by atoms with Crippen LogP contribution >= 0.6 is 11.8 Å². The molecule has 0 aliphatic carbocycles. The van der Waals surface area contributed by atoms with E-state index in [0.717, 1.165) is 11.1 Å². The van der Waals surface area contributed by atoms with Gasteiger partial charge in [-0.3, -0.25) is 25.2 Å². The Labute approximate surface area is 163 Å². The van der Waals surface area contributed by atoms with Gasteiger partial charge in [-0.2, -0.15) is 0 Å². The zero-order chi connectivity index (χ0) is 20.0. The van der Waals surface area contributed by atoms with Crippen molar-refractivity contribution in [2.45, 2.75) is 18.7 Å². The van der Waals surface area contributed by atoms with Gasteiger partial charge in [0.05, 0.1) is 11.3 Å². The van der Waals surface area contributed by atoms with E-state index in [0.29, 0.717) is 16.0 Å². The monoisotopic (exact) mass is 385 g/mol. The lowest BCUT2D eigenvalue weighted by molar-refractivity contribution is -0.125. The standard InChI is InChI=1S/C20H23N3O3S/c1-13-9-10-15(14(2)11-13)19(25)21-22-20(26)16-7-5-6-8-17(16)27-12-18(24)23(3)4/h5-11H,12H2,1-4H3,(H,21,25)(H,22,26). The van der Waals surface area contributed by atoms with Crippen LogP contribution in [0, 0.1) is 13.8 Å². The van der Waals surface area contributed by atoms with Gasteiger partial charge in [0, 0.05) is 24.6 Å². The number of carbonyl (C=O) groups is 3. The molecule has 0 radical (unpaired) electrons. The third kappa shape index (κ3) is 5.59. The molecule has 0 unspecified atom stereocenters. The summed E-state index contributed by atoms with van der Waals surface area (Å²) >= 11 is 1.28. The van der Waals surface area contributed by atoms with E-state index in [-0.39, 0.29) is 17.6 Å². The summed E-state index contributed by atoms with van der Waals surface area (Å²) in [5.74, 6) is -0.632. The lowest BCUT2D eigenvalue weighted by Gasteiger charge is -2.13. The van der Waals surface area contributed by atoms with Crippen LogP contribution in [0.15, 0.2) is 47.4 Å². The highest BCUT2D eigenvalue weighted by atomic mass is 32.2. The number of hydrazine groups is 1. The average molecular weight is 385 g/mol. The molecule has 7 heteroatoms. The van der Waals surface area contributed by atoms with Crippen molar-refractivity contribution in [3.63, 3.8) is 0 Å². The minimum atomic E-state index is -0.437. The molecule has 0 heterocycles. The predicted octanol–water partition coefficient (Wildman–Crippen LogP) is 2.56. The number of aryl methyl sites for hydroxylation is 2. The van der Waals surface area contributed by atoms with E-state index < -0.39 is 5.91 Å². The van der Waals surface area contributed by atoms with Gasteiger partial charge in [0.1, 0.15) is 0 Å². The van der Waals surface area contributed by atoms with E-state index in [2.05, 4.69) is 10.9 Å². The molecule has 0 atom stereocenters. The van der Waals surface area contributed by atoms with Gasteiger partial charge in [-0.05, 0) is 37.6 Å². The number of hydrogen-bond acceptors (Lipinski definition) is 4. The van der Waals surface area contributed by atoms with Crippen LogP contribution in [0.25, 0.3) is 0 Å². The van der Waals surface area contributed by atoms with Gasteiger partial charge in [-0.25, -0.2) is 0 Å². The first kappa shape index (κ1) is 20.5. The Morgan fingerprint density at radius 2 is 1.56 bits per heavy atom. The molecule has 2 aromatic carbocycles. The van der Waals surface area contributed by atoms with Gasteiger partial charge < -0.3 is 4.90 Å². The second kappa shape index (κ2) is 9.23. The van der Waals surface area contributed by atoms with Crippen molar-refractivity contribution in [2.75, 3.05) is 19.8 Å². The zero-order valence-corrected chi connectivity index (χ0v) is 16.6. The number of nitrogens with one attached hydrogen (secondary N) is 2. The average Bonchev–Trinajstić information content (AvgIpc) is 2.64. The topological polar surface area (TPSA) is 78.5 Å². The molecule has 0 saturated carbocycles. The largest absolute Gasteiger partial charge is 0.348 e. The van der Waals surface area contributed by atoms with Gasteiger partial charge in [0.25, 0.3) is 11.8 Å². The molecule has 0 aromatic heterocycles. The minimum Gasteiger partial charge on any atom is -0.348 e. The summed E-state index contributed by atoms with van der Waals surface area (Å²) in [6, 6.07) is 12.4. The maximum atomic E-state index is 12.5. The molecule has 0 aliphatic rings. The maximum Gasteiger partial charge on any atom is 0.270 e. The molecule has 2 N–H and O–H groups in total. The van der Waals surface area contributed by atoms with Gasteiger partial charge in [0.15, 0.2) is 0 Å². The lowest BCUT2D eigenvalue weighted by atomic mass is 10.1. The number of benzene rings is 2. The van der Waals surface area contributed by atoms with E-state index in [1.807, 2.05) is 26.0 Å². The second-order valence-corrected chi connectivity index (χ2v) is 7.32. The minimum absolute atomic E-state index is 0.0432. The Hall–Kier alpha value is -2.80. The van der Waals surface area contributed by atoms with E-state index in [9.17, 15) is 14.4 Å². The Balaban J connectivity index is 2.03. The molecule has 0 spiro atoms. The summed E-state index contributed by atoms with van der Waals surface area (Å²) in [5, 5.41) is 0. The zero-order valence-electron chi connectivity index (χ0n) is 15.8. The summed E-state index contributed by atoms with van der Waals surface area (Å²) in [4.78, 5) is 38.7. The van der Waals surface area contributed by atoms with E-state index in [4.69, 9.17) is 0 Å². The molecular weight excluding hydrogens is 362 g/mol. The molecule has 3 amide bonds. The van der Waals surface area contributed by atoms with Crippen molar-refractivity contribution in [3.05, 3.63) is 64.7 Å². The van der Waals surface area contributed by atoms with Crippen molar-refractivity contribution in [1.29, 1.82) is 0 Å². The molecule has 0 aliphatic heterocycles. The van der Waals surface area contributed by atoms with Crippen molar-refractivity contribution in [3.8, 4) is 0 Å². The molecule has 0 bridgehead atoms. The predicted molar refractivity (Wildman–Crippen MR) is 107 cm³/mol. The first-order valence-electron chi connectivity index (χ1n) is 8.39. The summed E-state index contributed by atoms with van der Waals surface area (Å²) in [6.07, 6.45) is 0. The van der Waals surface area contributed by atoms with Crippen LogP contribution in [0.4, 0.5) is 0 Å². The molecular formula is C20H23N3O3S. The number of hydrogen-bond donors (Lipinski definition) is 2. The maximum absolute atomic E-state index is 12.5. The highest BCUT2D eigenvalue weighted by molar-refractivity contribution is 8.00. The number of nitrogens with zero attached hydrogens (tertiary/aromatic N) is 1. The highest BCUT2D eigenvalue weighted by Crippen LogP contribution is 2.22. The summed E-state index contributed by atoms with van der Waals surface area (Å²) in [6.45, 7) is 3.80. The molecule has 2 aromatic rings. The summed E-state index contributed by atoms with van der Waals surface area (Å²) in [5.41, 5.74) is 7.68. The van der Waals surface area contributed by atoms with Crippen LogP contribution in [-0.2, 0) is 4.79 Å². The number of amides is 3. The SMILES string of the molecule is Cc1ccc(C(=O)NNC(=O)c2ccccc2SCC(=O)N(C)C)c(C)c1. The molecule has 0 saturated heterocycles. The van der Waals surface area contributed by atoms with Gasteiger partial charge in [-0.1, -0.05) is 29.8 Å². The Morgan fingerprint density at radius 1 is 0.926 bits per heavy atom. The Bertz CT molecular complexity index is 865. The van der Waals surface area contributed by atoms with Crippen LogP contribution in [0.5, 0.6) is 0 Å². The van der Waals surface area contributed by atoms with E-state index in [1.165, 1.54) is 16.7 Å². The van der Waals surface area contributed by atoms with E-state index >= 15 is 0 Å². The molecule has 6 nitrogen and oxygen atoms in total. The van der Waals surface area contributed by atoms with Crippen LogP contribution in [0.1, 0.15) is 31.8 Å². The Morgan fingerprint density at radius 3 is 2.19 bits per heavy atom. The fourth-order valence-electron chi connectivity index (χ4n) is 2.37. The summed E-state index contributed by atoms with van der Waals surface area (Å²) in [7, 11) is 3.37. The van der Waals surface area contributed by atoms with Gasteiger partial charge in [-0.15, -0.1) is 11.8 Å². The quantitative estimate of drug-likeness (QED) is 0.612. The van der Waals surface area contributed by atoms with Crippen LogP contribution in [-0.4, -0.2) is 42.5 Å². The fourth-order valence-corrected chi connectivity index (χ4v) is 3.39. The van der Waals surface area contributed by atoms with Gasteiger partial charge >= 0.3 is 0 Å². The van der Waals surface area contributed by atoms with E-state index in [1.54, 1.807) is 44.4 Å². The normalized spacial score (nSPS) is 10.2. The number of thioether (sulfide) groups is 1. The van der Waals surface area contributed by atoms with Crippen molar-refractivity contribution in [2.24, 2.45) is 0 Å².